The number of amides is 1. The largest absolute Gasteiger partial charge is 0.481 e. The quantitative estimate of drug-likeness (QED) is 0.737. The van der Waals surface area contributed by atoms with Crippen LogP contribution in [-0.4, -0.2) is 17.0 Å². The molecule has 26 heavy (non-hydrogen) atoms. The van der Waals surface area contributed by atoms with Crippen molar-refractivity contribution in [3.63, 3.8) is 0 Å². The Hall–Kier alpha value is -2.48. The Morgan fingerprint density at radius 1 is 1.23 bits per heavy atom. The summed E-state index contributed by atoms with van der Waals surface area (Å²) in [5.41, 5.74) is 0.190. The van der Waals surface area contributed by atoms with E-state index >= 15 is 0 Å². The van der Waals surface area contributed by atoms with Crippen LogP contribution in [0.3, 0.4) is 0 Å². The molecular formula is C18H12BrF2NO4. The number of halogens is 3. The van der Waals surface area contributed by atoms with Gasteiger partial charge >= 0.3 is 5.97 Å². The maximum absolute atomic E-state index is 14.7. The van der Waals surface area contributed by atoms with E-state index in [2.05, 4.69) is 15.9 Å². The number of carboxylic acids is 1. The zero-order valence-electron chi connectivity index (χ0n) is 13.2. The summed E-state index contributed by atoms with van der Waals surface area (Å²) in [5, 5.41) is 9.65. The first-order valence-corrected chi connectivity index (χ1v) is 8.68. The number of anilines is 1. The molecule has 4 rings (SSSR count). The lowest BCUT2D eigenvalue weighted by Crippen LogP contribution is -2.45. The van der Waals surface area contributed by atoms with E-state index in [4.69, 9.17) is 4.74 Å². The van der Waals surface area contributed by atoms with Gasteiger partial charge in [0.15, 0.2) is 5.75 Å². The molecular weight excluding hydrogens is 412 g/mol. The van der Waals surface area contributed by atoms with Gasteiger partial charge in [-0.2, -0.15) is 0 Å². The highest BCUT2D eigenvalue weighted by molar-refractivity contribution is 9.10. The minimum atomic E-state index is -1.13. The second kappa shape index (κ2) is 6.05. The van der Waals surface area contributed by atoms with Crippen molar-refractivity contribution >= 4 is 33.5 Å². The van der Waals surface area contributed by atoms with Crippen molar-refractivity contribution in [2.45, 2.75) is 18.9 Å². The number of aliphatic carboxylic acids is 1. The standard InChI is InChI=1S/C18H12BrF2NO4/c19-9-6-12-14(7-11(9)21)26-13-3-1-2-10(20)16(13)17-8(18(24)25)4-5-15(23)22(12)17/h1-3,6-8,17H,4-5H2,(H,24,25). The van der Waals surface area contributed by atoms with E-state index in [-0.39, 0.29) is 46.0 Å². The van der Waals surface area contributed by atoms with E-state index in [1.165, 1.54) is 29.2 Å². The summed E-state index contributed by atoms with van der Waals surface area (Å²) in [6.07, 6.45) is 0.0759. The number of rotatable bonds is 1. The van der Waals surface area contributed by atoms with Crippen LogP contribution in [0.1, 0.15) is 24.4 Å². The first-order chi connectivity index (χ1) is 12.4. The molecule has 0 aromatic heterocycles. The van der Waals surface area contributed by atoms with Crippen LogP contribution in [0.2, 0.25) is 0 Å². The van der Waals surface area contributed by atoms with Crippen molar-refractivity contribution in [3.05, 3.63) is 52.0 Å². The Morgan fingerprint density at radius 3 is 2.73 bits per heavy atom. The summed E-state index contributed by atoms with van der Waals surface area (Å²) in [4.78, 5) is 25.7. The van der Waals surface area contributed by atoms with Crippen molar-refractivity contribution < 1.29 is 28.2 Å². The third-order valence-electron chi connectivity index (χ3n) is 4.70. The van der Waals surface area contributed by atoms with Crippen LogP contribution in [0.15, 0.2) is 34.8 Å². The van der Waals surface area contributed by atoms with Gasteiger partial charge in [-0.25, -0.2) is 8.78 Å². The molecule has 1 fully saturated rings. The highest BCUT2D eigenvalue weighted by Gasteiger charge is 2.46. The molecule has 8 heteroatoms. The number of hydrogen-bond acceptors (Lipinski definition) is 3. The molecule has 2 unspecified atom stereocenters. The van der Waals surface area contributed by atoms with Crippen molar-refractivity contribution in [2.75, 3.05) is 4.90 Å². The van der Waals surface area contributed by atoms with Crippen molar-refractivity contribution in [2.24, 2.45) is 5.92 Å². The predicted molar refractivity (Wildman–Crippen MR) is 91.2 cm³/mol. The minimum Gasteiger partial charge on any atom is -0.481 e. The molecule has 0 aliphatic carbocycles. The third-order valence-corrected chi connectivity index (χ3v) is 5.31. The van der Waals surface area contributed by atoms with Gasteiger partial charge in [0, 0.05) is 12.5 Å². The molecule has 0 spiro atoms. The van der Waals surface area contributed by atoms with Crippen LogP contribution in [0, 0.1) is 17.6 Å². The number of piperidine rings is 1. The fourth-order valence-corrected chi connectivity index (χ4v) is 3.90. The molecule has 1 amide bonds. The Kier molecular flexibility index (Phi) is 3.95. The molecule has 5 nitrogen and oxygen atoms in total. The smallest absolute Gasteiger partial charge is 0.308 e. The molecule has 0 saturated carbocycles. The van der Waals surface area contributed by atoms with Gasteiger partial charge in [0.2, 0.25) is 5.91 Å². The van der Waals surface area contributed by atoms with E-state index in [1.807, 2.05) is 0 Å². The van der Waals surface area contributed by atoms with E-state index in [9.17, 15) is 23.5 Å². The highest BCUT2D eigenvalue weighted by Crippen LogP contribution is 2.51. The summed E-state index contributed by atoms with van der Waals surface area (Å²) >= 11 is 3.07. The Morgan fingerprint density at radius 2 is 2.00 bits per heavy atom. The van der Waals surface area contributed by atoms with Crippen LogP contribution >= 0.6 is 15.9 Å². The second-order valence-electron chi connectivity index (χ2n) is 6.18. The van der Waals surface area contributed by atoms with E-state index < -0.39 is 29.6 Å². The van der Waals surface area contributed by atoms with Crippen LogP contribution in [0.4, 0.5) is 14.5 Å². The molecule has 2 aromatic carbocycles. The lowest BCUT2D eigenvalue weighted by Gasteiger charge is -2.38. The van der Waals surface area contributed by atoms with Gasteiger partial charge in [0.1, 0.15) is 17.4 Å². The van der Waals surface area contributed by atoms with Crippen LogP contribution in [0.25, 0.3) is 0 Å². The van der Waals surface area contributed by atoms with Crippen molar-refractivity contribution in [1.82, 2.24) is 0 Å². The van der Waals surface area contributed by atoms with Gasteiger partial charge in [0.25, 0.3) is 0 Å². The van der Waals surface area contributed by atoms with Crippen molar-refractivity contribution in [3.8, 4) is 11.5 Å². The highest BCUT2D eigenvalue weighted by atomic mass is 79.9. The van der Waals surface area contributed by atoms with Crippen LogP contribution in [-0.2, 0) is 9.59 Å². The number of carbonyl (C=O) groups is 2. The first kappa shape index (κ1) is 17.0. The molecule has 2 aromatic rings. The topological polar surface area (TPSA) is 66.8 Å². The fourth-order valence-electron chi connectivity index (χ4n) is 3.57. The Labute approximate surface area is 155 Å². The Balaban J connectivity index is 2.04. The normalized spacial score (nSPS) is 21.2. The summed E-state index contributed by atoms with van der Waals surface area (Å²) in [7, 11) is 0. The third kappa shape index (κ3) is 2.47. The molecule has 2 aliphatic heterocycles. The van der Waals surface area contributed by atoms with E-state index in [1.54, 1.807) is 0 Å². The lowest BCUT2D eigenvalue weighted by molar-refractivity contribution is -0.144. The lowest BCUT2D eigenvalue weighted by atomic mass is 9.83. The molecule has 2 aliphatic rings. The molecule has 1 saturated heterocycles. The van der Waals surface area contributed by atoms with Crippen LogP contribution in [0.5, 0.6) is 11.5 Å². The molecule has 2 heterocycles. The van der Waals surface area contributed by atoms with Gasteiger partial charge in [-0.3, -0.25) is 9.59 Å². The summed E-state index contributed by atoms with van der Waals surface area (Å²) in [6, 6.07) is 5.44. The van der Waals surface area contributed by atoms with Gasteiger partial charge in [0.05, 0.1) is 27.7 Å². The molecule has 134 valence electrons. The Bertz CT molecular complexity index is 949. The molecule has 2 atom stereocenters. The zero-order chi connectivity index (χ0) is 18.6. The fraction of sp³-hybridized carbons (Fsp3) is 0.222. The number of carboxylic acid groups (broad SMARTS) is 1. The maximum atomic E-state index is 14.7. The summed E-state index contributed by atoms with van der Waals surface area (Å²) in [5.74, 6) is -3.70. The zero-order valence-corrected chi connectivity index (χ0v) is 14.8. The summed E-state index contributed by atoms with van der Waals surface area (Å²) < 4.78 is 34.5. The van der Waals surface area contributed by atoms with Gasteiger partial charge < -0.3 is 14.7 Å². The minimum absolute atomic E-state index is 0.00825. The van der Waals surface area contributed by atoms with Gasteiger partial charge in [-0.1, -0.05) is 6.07 Å². The summed E-state index contributed by atoms with van der Waals surface area (Å²) in [6.45, 7) is 0. The number of hydrogen-bond donors (Lipinski definition) is 1. The number of benzene rings is 2. The number of fused-ring (bicyclic) bond motifs is 5. The van der Waals surface area contributed by atoms with Crippen LogP contribution < -0.4 is 9.64 Å². The van der Waals surface area contributed by atoms with Gasteiger partial charge in [-0.15, -0.1) is 0 Å². The monoisotopic (exact) mass is 423 g/mol. The maximum Gasteiger partial charge on any atom is 0.308 e. The molecule has 1 N–H and O–H groups in total. The van der Waals surface area contributed by atoms with Crippen molar-refractivity contribution in [1.29, 1.82) is 0 Å². The van der Waals surface area contributed by atoms with E-state index in [0.717, 1.165) is 6.07 Å². The number of ether oxygens (including phenoxy) is 1. The average molecular weight is 424 g/mol. The first-order valence-electron chi connectivity index (χ1n) is 7.88. The molecule has 0 bridgehead atoms. The van der Waals surface area contributed by atoms with E-state index in [0.29, 0.717) is 0 Å². The second-order valence-corrected chi connectivity index (χ2v) is 7.03. The SMILES string of the molecule is O=C(O)C1CCC(=O)N2c3cc(Br)c(F)cc3Oc3cccc(F)c3C12. The number of carbonyl (C=O) groups excluding carboxylic acids is 1. The van der Waals surface area contributed by atoms with Gasteiger partial charge in [-0.05, 0) is 40.5 Å². The predicted octanol–water partition coefficient (Wildman–Crippen LogP) is 4.40. The number of nitrogens with zero attached hydrogens (tertiary/aromatic N) is 1. The average Bonchev–Trinajstić information content (AvgIpc) is 2.71. The molecule has 0 radical (unpaired) electrons.